The second-order valence-electron chi connectivity index (χ2n) is 7.98. The van der Waals surface area contributed by atoms with Gasteiger partial charge in [0.2, 0.25) is 5.91 Å². The number of hydrazone groups is 1. The van der Waals surface area contributed by atoms with Crippen LogP contribution < -0.4 is 9.47 Å². The van der Waals surface area contributed by atoms with Gasteiger partial charge in [0.1, 0.15) is 18.0 Å². The van der Waals surface area contributed by atoms with Crippen LogP contribution in [-0.4, -0.2) is 55.2 Å². The van der Waals surface area contributed by atoms with E-state index in [0.717, 1.165) is 41.2 Å². The minimum absolute atomic E-state index is 0.0108. The molecular weight excluding hydrogens is 394 g/mol. The molecule has 1 aliphatic carbocycles. The molecule has 0 radical (unpaired) electrons. The van der Waals surface area contributed by atoms with Crippen molar-refractivity contribution in [3.63, 3.8) is 0 Å². The van der Waals surface area contributed by atoms with Gasteiger partial charge in [-0.2, -0.15) is 5.10 Å². The lowest BCUT2D eigenvalue weighted by molar-refractivity contribution is -0.141. The molecule has 2 amide bonds. The van der Waals surface area contributed by atoms with E-state index >= 15 is 0 Å². The van der Waals surface area contributed by atoms with E-state index in [9.17, 15) is 9.59 Å². The van der Waals surface area contributed by atoms with Crippen LogP contribution in [0.2, 0.25) is 0 Å². The molecule has 2 aromatic rings. The number of hydrogen-bond donors (Lipinski definition) is 0. The van der Waals surface area contributed by atoms with Gasteiger partial charge in [-0.05, 0) is 42.7 Å². The molecule has 7 heteroatoms. The van der Waals surface area contributed by atoms with Crippen molar-refractivity contribution in [1.29, 1.82) is 0 Å². The Morgan fingerprint density at radius 3 is 2.42 bits per heavy atom. The number of carbonyl (C=O) groups excluding carboxylic acids is 2. The SMILES string of the molecule is COc1ccc([C@H]2CC(c3cccc(OC)c3)=NN2C(=O)CN(C)C(=O)C2CC2)cc1. The Morgan fingerprint density at radius 2 is 1.77 bits per heavy atom. The van der Waals surface area contributed by atoms with Gasteiger partial charge in [-0.3, -0.25) is 9.59 Å². The molecule has 1 atom stereocenters. The summed E-state index contributed by atoms with van der Waals surface area (Å²) in [4.78, 5) is 27.0. The predicted molar refractivity (Wildman–Crippen MR) is 117 cm³/mol. The minimum atomic E-state index is -0.246. The van der Waals surface area contributed by atoms with Gasteiger partial charge >= 0.3 is 0 Å². The van der Waals surface area contributed by atoms with Crippen molar-refractivity contribution in [2.45, 2.75) is 25.3 Å². The molecule has 0 saturated heterocycles. The average Bonchev–Trinajstić information content (AvgIpc) is 3.56. The number of carbonyl (C=O) groups is 2. The van der Waals surface area contributed by atoms with Crippen LogP contribution >= 0.6 is 0 Å². The van der Waals surface area contributed by atoms with E-state index in [-0.39, 0.29) is 30.3 Å². The summed E-state index contributed by atoms with van der Waals surface area (Å²) in [5, 5.41) is 6.20. The number of likely N-dealkylation sites (N-methyl/N-ethyl adjacent to an activating group) is 1. The Hall–Kier alpha value is -3.35. The van der Waals surface area contributed by atoms with E-state index in [1.54, 1.807) is 21.3 Å². The molecule has 31 heavy (non-hydrogen) atoms. The number of nitrogens with zero attached hydrogens (tertiary/aromatic N) is 3. The van der Waals surface area contributed by atoms with E-state index in [4.69, 9.17) is 9.47 Å². The van der Waals surface area contributed by atoms with Crippen molar-refractivity contribution >= 4 is 17.5 Å². The van der Waals surface area contributed by atoms with Gasteiger partial charge in [-0.1, -0.05) is 24.3 Å². The Labute approximate surface area is 182 Å². The lowest BCUT2D eigenvalue weighted by Crippen LogP contribution is -2.39. The highest BCUT2D eigenvalue weighted by molar-refractivity contribution is 6.03. The molecule has 1 fully saturated rings. The quantitative estimate of drug-likeness (QED) is 0.688. The molecular formula is C24H27N3O4. The van der Waals surface area contributed by atoms with Gasteiger partial charge in [-0.15, -0.1) is 0 Å². The number of amides is 2. The molecule has 1 saturated carbocycles. The molecule has 0 bridgehead atoms. The zero-order valence-electron chi connectivity index (χ0n) is 18.1. The Kier molecular flexibility index (Phi) is 5.93. The molecule has 4 rings (SSSR count). The zero-order chi connectivity index (χ0) is 22.0. The van der Waals surface area contributed by atoms with Gasteiger partial charge in [-0.25, -0.2) is 5.01 Å². The monoisotopic (exact) mass is 421 g/mol. The van der Waals surface area contributed by atoms with E-state index in [2.05, 4.69) is 5.10 Å². The highest BCUT2D eigenvalue weighted by atomic mass is 16.5. The van der Waals surface area contributed by atoms with Crippen molar-refractivity contribution in [1.82, 2.24) is 9.91 Å². The van der Waals surface area contributed by atoms with Crippen molar-refractivity contribution in [3.05, 3.63) is 59.7 Å². The van der Waals surface area contributed by atoms with Crippen LogP contribution in [0.1, 0.15) is 36.4 Å². The summed E-state index contributed by atoms with van der Waals surface area (Å²) in [6, 6.07) is 15.1. The first-order chi connectivity index (χ1) is 15.0. The lowest BCUT2D eigenvalue weighted by atomic mass is 9.98. The molecule has 1 aliphatic heterocycles. The van der Waals surface area contributed by atoms with Crippen molar-refractivity contribution < 1.29 is 19.1 Å². The van der Waals surface area contributed by atoms with E-state index < -0.39 is 0 Å². The standard InChI is InChI=1S/C24H27N3O4/c1-26(24(29)17-7-8-17)15-23(28)27-22(16-9-11-19(30-2)12-10-16)14-21(25-27)18-5-4-6-20(13-18)31-3/h4-6,9-13,17,22H,7-8,14-15H2,1-3H3/t22-/m1/s1. The highest BCUT2D eigenvalue weighted by Gasteiger charge is 2.36. The minimum Gasteiger partial charge on any atom is -0.497 e. The molecule has 0 N–H and O–H groups in total. The first-order valence-corrected chi connectivity index (χ1v) is 10.4. The predicted octanol–water partition coefficient (Wildman–Crippen LogP) is 3.25. The second kappa shape index (κ2) is 8.79. The summed E-state index contributed by atoms with van der Waals surface area (Å²) in [6.45, 7) is 0.0108. The van der Waals surface area contributed by atoms with Gasteiger partial charge in [0, 0.05) is 24.9 Å². The topological polar surface area (TPSA) is 71.4 Å². The van der Waals surface area contributed by atoms with Crippen LogP contribution in [0, 0.1) is 5.92 Å². The largest absolute Gasteiger partial charge is 0.497 e. The molecule has 1 heterocycles. The first kappa shape index (κ1) is 20.9. The molecule has 0 unspecified atom stereocenters. The number of ether oxygens (including phenoxy) is 2. The van der Waals surface area contributed by atoms with Crippen LogP contribution in [-0.2, 0) is 9.59 Å². The van der Waals surface area contributed by atoms with Crippen molar-refractivity contribution in [3.8, 4) is 11.5 Å². The maximum Gasteiger partial charge on any atom is 0.262 e. The number of benzene rings is 2. The Balaban J connectivity index is 1.60. The molecule has 0 aromatic heterocycles. The smallest absolute Gasteiger partial charge is 0.262 e. The third-order valence-electron chi connectivity index (χ3n) is 5.74. The van der Waals surface area contributed by atoms with Crippen molar-refractivity contribution in [2.75, 3.05) is 27.8 Å². The van der Waals surface area contributed by atoms with Crippen molar-refractivity contribution in [2.24, 2.45) is 11.0 Å². The fourth-order valence-corrected chi connectivity index (χ4v) is 3.80. The number of rotatable bonds is 7. The summed E-state index contributed by atoms with van der Waals surface area (Å²) in [5.41, 5.74) is 2.69. The van der Waals surface area contributed by atoms with Crippen LogP contribution in [0.3, 0.4) is 0 Å². The normalized spacial score (nSPS) is 17.8. The third kappa shape index (κ3) is 4.55. The molecule has 7 nitrogen and oxygen atoms in total. The maximum absolute atomic E-state index is 13.2. The van der Waals surface area contributed by atoms with Crippen LogP contribution in [0.5, 0.6) is 11.5 Å². The summed E-state index contributed by atoms with van der Waals surface area (Å²) in [5.74, 6) is 1.40. The van der Waals surface area contributed by atoms with E-state index in [1.165, 1.54) is 9.91 Å². The summed E-state index contributed by atoms with van der Waals surface area (Å²) < 4.78 is 10.6. The van der Waals surface area contributed by atoms with Gasteiger partial charge in [0.05, 0.1) is 26.0 Å². The summed E-state index contributed by atoms with van der Waals surface area (Å²) in [7, 11) is 4.93. The first-order valence-electron chi connectivity index (χ1n) is 10.4. The maximum atomic E-state index is 13.2. The number of hydrogen-bond acceptors (Lipinski definition) is 5. The highest BCUT2D eigenvalue weighted by Crippen LogP contribution is 2.35. The van der Waals surface area contributed by atoms with E-state index in [1.807, 2.05) is 48.5 Å². The van der Waals surface area contributed by atoms with Gasteiger partial charge in [0.25, 0.3) is 5.91 Å². The van der Waals surface area contributed by atoms with E-state index in [0.29, 0.717) is 6.42 Å². The van der Waals surface area contributed by atoms with Crippen LogP contribution in [0.25, 0.3) is 0 Å². The Morgan fingerprint density at radius 1 is 1.06 bits per heavy atom. The number of methoxy groups -OCH3 is 2. The zero-order valence-corrected chi connectivity index (χ0v) is 18.1. The summed E-state index contributed by atoms with van der Waals surface area (Å²) >= 11 is 0. The van der Waals surface area contributed by atoms with Crippen LogP contribution in [0.4, 0.5) is 0 Å². The molecule has 162 valence electrons. The molecule has 0 spiro atoms. The summed E-state index contributed by atoms with van der Waals surface area (Å²) in [6.07, 6.45) is 2.40. The molecule has 2 aliphatic rings. The Bertz CT molecular complexity index is 998. The lowest BCUT2D eigenvalue weighted by Gasteiger charge is -2.25. The fraction of sp³-hybridized carbons (Fsp3) is 0.375. The fourth-order valence-electron chi connectivity index (χ4n) is 3.80. The van der Waals surface area contributed by atoms with Gasteiger partial charge in [0.15, 0.2) is 0 Å². The third-order valence-corrected chi connectivity index (χ3v) is 5.74. The molecule has 2 aromatic carbocycles. The van der Waals surface area contributed by atoms with Gasteiger partial charge < -0.3 is 14.4 Å². The van der Waals surface area contributed by atoms with Crippen LogP contribution in [0.15, 0.2) is 53.6 Å². The average molecular weight is 421 g/mol. The second-order valence-corrected chi connectivity index (χ2v) is 7.98.